The second-order valence-corrected chi connectivity index (χ2v) is 5.37. The van der Waals surface area contributed by atoms with E-state index in [4.69, 9.17) is 0 Å². The van der Waals surface area contributed by atoms with Crippen LogP contribution >= 0.6 is 24.8 Å². The normalized spacial score (nSPS) is 17.2. The summed E-state index contributed by atoms with van der Waals surface area (Å²) in [5.74, 6) is -1.71. The van der Waals surface area contributed by atoms with Crippen LogP contribution in [0, 0.1) is 5.82 Å². The zero-order valence-corrected chi connectivity index (χ0v) is 14.7. The fraction of sp³-hybridized carbons (Fsp3) is 0.571. The van der Waals surface area contributed by atoms with Crippen LogP contribution in [0.2, 0.25) is 0 Å². The molecule has 26 heavy (non-hydrogen) atoms. The van der Waals surface area contributed by atoms with E-state index in [2.05, 4.69) is 5.32 Å². The molecule has 1 heterocycles. The van der Waals surface area contributed by atoms with Crippen molar-refractivity contribution in [3.05, 3.63) is 34.6 Å². The van der Waals surface area contributed by atoms with Crippen LogP contribution in [0.5, 0.6) is 0 Å². The highest BCUT2D eigenvalue weighted by Gasteiger charge is 2.42. The largest absolute Gasteiger partial charge is 0.416 e. The third kappa shape index (κ3) is 5.58. The van der Waals surface area contributed by atoms with Crippen LogP contribution in [0.15, 0.2) is 12.1 Å². The van der Waals surface area contributed by atoms with E-state index in [1.807, 2.05) is 0 Å². The first-order chi connectivity index (χ1) is 11.1. The number of hydrogen-bond donors (Lipinski definition) is 1. The predicted molar refractivity (Wildman–Crippen MR) is 84.1 cm³/mol. The zero-order chi connectivity index (χ0) is 18.1. The summed E-state index contributed by atoms with van der Waals surface area (Å²) in [4.78, 5) is 1.29. The van der Waals surface area contributed by atoms with Crippen molar-refractivity contribution in [2.24, 2.45) is 0 Å². The molecule has 2 rings (SSSR count). The Bertz CT molecular complexity index is 586. The quantitative estimate of drug-likeness (QED) is 0.698. The van der Waals surface area contributed by atoms with Crippen molar-refractivity contribution < 1.29 is 35.1 Å². The average Bonchev–Trinajstić information content (AvgIpc) is 2.48. The summed E-state index contributed by atoms with van der Waals surface area (Å²) in [6, 6.07) is -1.77. The highest BCUT2D eigenvalue weighted by atomic mass is 35.5. The molecule has 1 atom stereocenters. The molecule has 1 aliphatic heterocycles. The number of nitrogens with one attached hydrogen (secondary N) is 1. The van der Waals surface area contributed by atoms with E-state index in [-0.39, 0.29) is 50.0 Å². The zero-order valence-electron chi connectivity index (χ0n) is 13.1. The van der Waals surface area contributed by atoms with Crippen molar-refractivity contribution in [3.63, 3.8) is 0 Å². The van der Waals surface area contributed by atoms with E-state index in [1.165, 1.54) is 4.90 Å². The van der Waals surface area contributed by atoms with Crippen LogP contribution in [0.25, 0.3) is 0 Å². The minimum absolute atomic E-state index is 0. The molecule has 0 unspecified atom stereocenters. The molecule has 12 heteroatoms. The standard InChI is InChI=1S/C14H14F8N2.2ClH/c15-7-11(24-3-1-23-2-4-24)12-9(14(20,21)22)5-8(6-10(12)16)13(17,18)19;;/h5-6,11,23H,1-4,7H2;2*1H/t11-;;/m1../s1. The Hall–Kier alpha value is -0.840. The van der Waals surface area contributed by atoms with E-state index in [0.717, 1.165) is 0 Å². The molecule has 1 aromatic carbocycles. The third-order valence-corrected chi connectivity index (χ3v) is 3.83. The van der Waals surface area contributed by atoms with Crippen LogP contribution in [0.1, 0.15) is 22.7 Å². The molecule has 0 aliphatic carbocycles. The predicted octanol–water partition coefficient (Wildman–Crippen LogP) is 4.62. The molecule has 0 radical (unpaired) electrons. The first-order valence-electron chi connectivity index (χ1n) is 7.04. The lowest BCUT2D eigenvalue weighted by molar-refractivity contribution is -0.144. The Labute approximate surface area is 156 Å². The van der Waals surface area contributed by atoms with E-state index in [9.17, 15) is 35.1 Å². The van der Waals surface area contributed by atoms with Crippen LogP contribution in [-0.4, -0.2) is 37.8 Å². The van der Waals surface area contributed by atoms with Crippen molar-refractivity contribution in [3.8, 4) is 0 Å². The summed E-state index contributed by atoms with van der Waals surface area (Å²) in [6.07, 6.45) is -10.4. The molecule has 1 aromatic rings. The molecule has 1 aliphatic rings. The second-order valence-electron chi connectivity index (χ2n) is 5.37. The number of halogens is 10. The molecular formula is C14H16Cl2F8N2. The highest BCUT2D eigenvalue weighted by molar-refractivity contribution is 5.85. The van der Waals surface area contributed by atoms with Gasteiger partial charge >= 0.3 is 12.4 Å². The topological polar surface area (TPSA) is 15.3 Å². The van der Waals surface area contributed by atoms with Gasteiger partial charge in [-0.15, -0.1) is 24.8 Å². The number of nitrogens with zero attached hydrogens (tertiary/aromatic N) is 1. The van der Waals surface area contributed by atoms with Crippen LogP contribution in [0.3, 0.4) is 0 Å². The number of hydrogen-bond acceptors (Lipinski definition) is 2. The van der Waals surface area contributed by atoms with Gasteiger partial charge in [0.05, 0.1) is 17.2 Å². The van der Waals surface area contributed by atoms with Gasteiger partial charge in [0, 0.05) is 31.7 Å². The van der Waals surface area contributed by atoms with Gasteiger partial charge in [-0.1, -0.05) is 0 Å². The van der Waals surface area contributed by atoms with Crippen molar-refractivity contribution in [1.82, 2.24) is 10.2 Å². The molecule has 0 bridgehead atoms. The van der Waals surface area contributed by atoms with Gasteiger partial charge in [0.2, 0.25) is 0 Å². The molecule has 2 nitrogen and oxygen atoms in total. The van der Waals surface area contributed by atoms with Gasteiger partial charge in [-0.25, -0.2) is 8.78 Å². The molecule has 0 saturated carbocycles. The van der Waals surface area contributed by atoms with Gasteiger partial charge in [0.25, 0.3) is 0 Å². The first-order valence-corrected chi connectivity index (χ1v) is 7.04. The average molecular weight is 435 g/mol. The van der Waals surface area contributed by atoms with Crippen molar-refractivity contribution in [2.45, 2.75) is 18.4 Å². The van der Waals surface area contributed by atoms with E-state index >= 15 is 0 Å². The smallest absolute Gasteiger partial charge is 0.314 e. The monoisotopic (exact) mass is 434 g/mol. The Kier molecular flexibility index (Phi) is 9.08. The minimum Gasteiger partial charge on any atom is -0.314 e. The Morgan fingerprint density at radius 2 is 1.50 bits per heavy atom. The SMILES string of the molecule is Cl.Cl.FC[C@H](c1c(F)cc(C(F)(F)F)cc1C(F)(F)F)N1CCNCC1. The molecule has 0 aromatic heterocycles. The number of rotatable bonds is 3. The summed E-state index contributed by atoms with van der Waals surface area (Å²) in [6.45, 7) is -0.301. The Morgan fingerprint density at radius 3 is 1.92 bits per heavy atom. The lowest BCUT2D eigenvalue weighted by atomic mass is 9.95. The summed E-state index contributed by atoms with van der Waals surface area (Å²) in [5.41, 5.74) is -4.63. The van der Waals surface area contributed by atoms with Gasteiger partial charge in [-0.05, 0) is 12.1 Å². The van der Waals surface area contributed by atoms with Gasteiger partial charge in [0.15, 0.2) is 0 Å². The second kappa shape index (κ2) is 9.38. The maximum atomic E-state index is 14.2. The summed E-state index contributed by atoms with van der Waals surface area (Å²) >= 11 is 0. The lowest BCUT2D eigenvalue weighted by Crippen LogP contribution is -2.46. The van der Waals surface area contributed by atoms with Crippen LogP contribution < -0.4 is 5.32 Å². The van der Waals surface area contributed by atoms with Gasteiger partial charge in [-0.2, -0.15) is 26.3 Å². The third-order valence-electron chi connectivity index (χ3n) is 3.83. The number of benzene rings is 1. The summed E-state index contributed by atoms with van der Waals surface area (Å²) in [7, 11) is 0. The van der Waals surface area contributed by atoms with Crippen molar-refractivity contribution in [2.75, 3.05) is 32.9 Å². The molecule has 0 spiro atoms. The highest BCUT2D eigenvalue weighted by Crippen LogP contribution is 2.41. The fourth-order valence-corrected chi connectivity index (χ4v) is 2.71. The van der Waals surface area contributed by atoms with E-state index in [0.29, 0.717) is 13.1 Å². The lowest BCUT2D eigenvalue weighted by Gasteiger charge is -2.35. The van der Waals surface area contributed by atoms with Crippen molar-refractivity contribution in [1.29, 1.82) is 0 Å². The maximum Gasteiger partial charge on any atom is 0.416 e. The van der Waals surface area contributed by atoms with Crippen LogP contribution in [-0.2, 0) is 12.4 Å². The minimum atomic E-state index is -5.24. The molecule has 0 amide bonds. The van der Waals surface area contributed by atoms with Gasteiger partial charge < -0.3 is 5.32 Å². The fourth-order valence-electron chi connectivity index (χ4n) is 2.71. The summed E-state index contributed by atoms with van der Waals surface area (Å²) < 4.78 is 105. The molecule has 1 N–H and O–H groups in total. The van der Waals surface area contributed by atoms with Crippen LogP contribution in [0.4, 0.5) is 35.1 Å². The maximum absolute atomic E-state index is 14.2. The van der Waals surface area contributed by atoms with Crippen molar-refractivity contribution >= 4 is 24.8 Å². The number of alkyl halides is 7. The molecular weight excluding hydrogens is 419 g/mol. The Balaban J connectivity index is 0.00000312. The van der Waals surface area contributed by atoms with Gasteiger partial charge in [0.1, 0.15) is 12.5 Å². The molecule has 1 fully saturated rings. The van der Waals surface area contributed by atoms with Gasteiger partial charge in [-0.3, -0.25) is 4.90 Å². The first kappa shape index (κ1) is 25.2. The molecule has 152 valence electrons. The van der Waals surface area contributed by atoms with E-state index < -0.39 is 47.6 Å². The molecule has 1 saturated heterocycles. The van der Waals surface area contributed by atoms with E-state index in [1.54, 1.807) is 0 Å². The number of piperazine rings is 1. The summed E-state index contributed by atoms with van der Waals surface area (Å²) in [5, 5.41) is 2.90. The Morgan fingerprint density at radius 1 is 0.962 bits per heavy atom.